The molecule has 10 heteroatoms. The number of anilines is 1. The van der Waals surface area contributed by atoms with Crippen LogP contribution in [0.15, 0.2) is 47.4 Å². The largest absolute Gasteiger partial charge is 0.402 e. The van der Waals surface area contributed by atoms with Crippen LogP contribution < -0.4 is 4.90 Å². The number of nitrogens with zero attached hydrogens (tertiary/aromatic N) is 8. The normalized spacial score (nSPS) is 18.4. The molecule has 10 nitrogen and oxygen atoms in total. The smallest absolute Gasteiger partial charge is 0.319 e. The number of nitrogens with one attached hydrogen (secondary N) is 1. The topological polar surface area (TPSA) is 106 Å². The summed E-state index contributed by atoms with van der Waals surface area (Å²) >= 11 is 0. The lowest BCUT2D eigenvalue weighted by molar-refractivity contribution is 0.498. The third-order valence-electron chi connectivity index (χ3n) is 6.38. The molecule has 1 atom stereocenters. The zero-order valence-corrected chi connectivity index (χ0v) is 17.5. The van der Waals surface area contributed by atoms with Crippen LogP contribution in [0, 0.1) is 6.92 Å². The van der Waals surface area contributed by atoms with E-state index < -0.39 is 0 Å². The lowest BCUT2D eigenvalue weighted by Crippen LogP contribution is -2.36. The highest BCUT2D eigenvalue weighted by atomic mass is 16.4. The number of hydrogen-bond donors (Lipinski definition) is 1. The first-order valence-electron chi connectivity index (χ1n) is 10.9. The van der Waals surface area contributed by atoms with E-state index in [0.717, 1.165) is 54.1 Å². The molecule has 1 aliphatic heterocycles. The van der Waals surface area contributed by atoms with Gasteiger partial charge in [-0.05, 0) is 43.5 Å². The summed E-state index contributed by atoms with van der Waals surface area (Å²) < 4.78 is 10.1. The van der Waals surface area contributed by atoms with Crippen LogP contribution in [0.5, 0.6) is 0 Å². The number of hydrogen-bond acceptors (Lipinski definition) is 7. The number of fused-ring (bicyclic) bond motifs is 2. The number of aromatic nitrogens is 8. The van der Waals surface area contributed by atoms with E-state index in [9.17, 15) is 0 Å². The van der Waals surface area contributed by atoms with Gasteiger partial charge in [0.25, 0.3) is 5.89 Å². The van der Waals surface area contributed by atoms with Crippen LogP contribution in [0.1, 0.15) is 47.6 Å². The van der Waals surface area contributed by atoms with Gasteiger partial charge in [-0.2, -0.15) is 10.2 Å². The maximum Gasteiger partial charge on any atom is 0.319 e. The predicted molar refractivity (Wildman–Crippen MR) is 115 cm³/mol. The number of rotatable bonds is 4. The molecule has 7 rings (SSSR count). The highest BCUT2D eigenvalue weighted by Crippen LogP contribution is 2.39. The maximum atomic E-state index is 6.20. The average Bonchev–Trinajstić information content (AvgIpc) is 3.27. The minimum Gasteiger partial charge on any atom is -0.402 e. The van der Waals surface area contributed by atoms with Crippen molar-refractivity contribution in [3.63, 3.8) is 0 Å². The van der Waals surface area contributed by atoms with Crippen LogP contribution in [-0.4, -0.2) is 46.1 Å². The molecule has 0 unspecified atom stereocenters. The molecule has 0 aromatic carbocycles. The molecule has 0 saturated heterocycles. The molecule has 0 spiro atoms. The Bertz CT molecular complexity index is 1440. The van der Waals surface area contributed by atoms with Crippen LogP contribution >= 0.6 is 0 Å². The number of H-pyrrole nitrogens is 1. The Labute approximate surface area is 182 Å². The summed E-state index contributed by atoms with van der Waals surface area (Å²) in [6, 6.07) is 8.83. The molecule has 160 valence electrons. The van der Waals surface area contributed by atoms with Crippen LogP contribution in [0.3, 0.4) is 0 Å². The van der Waals surface area contributed by atoms with Crippen LogP contribution in [0.4, 0.5) is 6.01 Å². The molecule has 1 N–H and O–H groups in total. The summed E-state index contributed by atoms with van der Waals surface area (Å²) in [5.74, 6) is 0.488. The zero-order valence-electron chi connectivity index (χ0n) is 17.5. The molecule has 1 aliphatic carbocycles. The van der Waals surface area contributed by atoms with E-state index in [1.807, 2.05) is 27.5 Å². The van der Waals surface area contributed by atoms with Gasteiger partial charge in [0, 0.05) is 31.1 Å². The van der Waals surface area contributed by atoms with E-state index in [2.05, 4.69) is 49.2 Å². The summed E-state index contributed by atoms with van der Waals surface area (Å²) in [6.07, 6.45) is 8.59. The minimum absolute atomic E-state index is 0.217. The van der Waals surface area contributed by atoms with Gasteiger partial charge in [-0.25, -0.2) is 9.50 Å². The van der Waals surface area contributed by atoms with Crippen LogP contribution in [0.25, 0.3) is 17.1 Å². The van der Waals surface area contributed by atoms with Crippen molar-refractivity contribution in [2.75, 3.05) is 11.4 Å². The van der Waals surface area contributed by atoms with Gasteiger partial charge >= 0.3 is 6.01 Å². The molecule has 5 aromatic rings. The highest BCUT2D eigenvalue weighted by molar-refractivity contribution is 5.57. The fourth-order valence-corrected chi connectivity index (χ4v) is 4.62. The number of aryl methyl sites for hydroxylation is 1. The van der Waals surface area contributed by atoms with Crippen molar-refractivity contribution in [3.8, 4) is 11.6 Å². The zero-order chi connectivity index (χ0) is 21.2. The molecule has 32 heavy (non-hydrogen) atoms. The van der Waals surface area contributed by atoms with Crippen molar-refractivity contribution >= 4 is 11.5 Å². The van der Waals surface area contributed by atoms with E-state index in [-0.39, 0.29) is 6.04 Å². The van der Waals surface area contributed by atoms with Gasteiger partial charge in [0.05, 0.1) is 29.3 Å². The van der Waals surface area contributed by atoms with Crippen molar-refractivity contribution in [1.29, 1.82) is 0 Å². The Hall–Kier alpha value is -3.95. The van der Waals surface area contributed by atoms with E-state index >= 15 is 0 Å². The maximum absolute atomic E-state index is 6.20. The van der Waals surface area contributed by atoms with Gasteiger partial charge in [-0.3, -0.25) is 4.68 Å². The van der Waals surface area contributed by atoms with Crippen molar-refractivity contribution in [2.24, 2.45) is 0 Å². The SMILES string of the molecule is Cc1cccn2nc([C@@H]3c4nc[nH]c4CCN3c3nnc(-c4ccnn4C4CC4)o3)cc12. The molecule has 0 amide bonds. The van der Waals surface area contributed by atoms with Gasteiger partial charge < -0.3 is 14.3 Å². The van der Waals surface area contributed by atoms with Gasteiger partial charge in [0.1, 0.15) is 11.7 Å². The molecular weight excluding hydrogens is 406 g/mol. The van der Waals surface area contributed by atoms with E-state index in [1.54, 1.807) is 12.5 Å². The quantitative estimate of drug-likeness (QED) is 0.470. The van der Waals surface area contributed by atoms with Crippen LogP contribution in [-0.2, 0) is 6.42 Å². The monoisotopic (exact) mass is 427 g/mol. The third-order valence-corrected chi connectivity index (χ3v) is 6.38. The predicted octanol–water partition coefficient (Wildman–Crippen LogP) is 3.10. The first kappa shape index (κ1) is 17.7. The molecule has 1 saturated carbocycles. The Morgan fingerprint density at radius 3 is 3.00 bits per heavy atom. The molecule has 2 aliphatic rings. The summed E-state index contributed by atoms with van der Waals surface area (Å²) in [4.78, 5) is 10.0. The first-order chi connectivity index (χ1) is 15.8. The minimum atomic E-state index is -0.217. The van der Waals surface area contributed by atoms with Gasteiger partial charge in [0.15, 0.2) is 0 Å². The highest BCUT2D eigenvalue weighted by Gasteiger charge is 2.36. The Kier molecular flexibility index (Phi) is 3.61. The van der Waals surface area contributed by atoms with E-state index in [1.165, 1.54) is 5.56 Å². The first-order valence-corrected chi connectivity index (χ1v) is 10.9. The number of imidazole rings is 1. The summed E-state index contributed by atoms with van der Waals surface area (Å²) in [5.41, 5.74) is 6.07. The Morgan fingerprint density at radius 1 is 1.19 bits per heavy atom. The third kappa shape index (κ3) is 2.62. The van der Waals surface area contributed by atoms with E-state index in [4.69, 9.17) is 9.52 Å². The molecule has 1 fully saturated rings. The lowest BCUT2D eigenvalue weighted by atomic mass is 10.00. The van der Waals surface area contributed by atoms with Crippen molar-refractivity contribution in [3.05, 3.63) is 65.6 Å². The fourth-order valence-electron chi connectivity index (χ4n) is 4.62. The summed E-state index contributed by atoms with van der Waals surface area (Å²) in [6.45, 7) is 2.81. The molecule has 0 bridgehead atoms. The van der Waals surface area contributed by atoms with Crippen molar-refractivity contribution in [2.45, 2.75) is 38.3 Å². The lowest BCUT2D eigenvalue weighted by Gasteiger charge is -2.32. The summed E-state index contributed by atoms with van der Waals surface area (Å²) in [5, 5.41) is 18.1. The number of pyridine rings is 1. The number of aromatic amines is 1. The standard InChI is InChI=1S/C22H21N9O/c1-13-3-2-9-30-18(13)11-16(28-30)20-19-15(23-12-24-19)7-10-29(20)22-27-26-21(32-22)17-6-8-25-31(17)14-4-5-14/h2-3,6,8-9,11-12,14,20H,4-5,7,10H2,1H3,(H,23,24)/t20-/m1/s1. The average molecular weight is 427 g/mol. The van der Waals surface area contributed by atoms with Gasteiger partial charge in [-0.1, -0.05) is 11.2 Å². The summed E-state index contributed by atoms with van der Waals surface area (Å²) in [7, 11) is 0. The van der Waals surface area contributed by atoms with Gasteiger partial charge in [0.2, 0.25) is 0 Å². The molecule has 5 aromatic heterocycles. The van der Waals surface area contributed by atoms with Crippen LogP contribution in [0.2, 0.25) is 0 Å². The molecule has 6 heterocycles. The molecular formula is C22H21N9O. The van der Waals surface area contributed by atoms with Crippen molar-refractivity contribution < 1.29 is 4.42 Å². The second-order valence-corrected chi connectivity index (χ2v) is 8.48. The van der Waals surface area contributed by atoms with Crippen molar-refractivity contribution in [1.82, 2.24) is 39.6 Å². The fraction of sp³-hybridized carbons (Fsp3) is 0.318. The second kappa shape index (κ2) is 6.52. The van der Waals surface area contributed by atoms with E-state index in [0.29, 0.717) is 17.9 Å². The van der Waals surface area contributed by atoms with Gasteiger partial charge in [-0.15, -0.1) is 5.10 Å². The Morgan fingerprint density at radius 2 is 2.12 bits per heavy atom. The Balaban J connectivity index is 1.32. The second-order valence-electron chi connectivity index (χ2n) is 8.48. The molecule has 0 radical (unpaired) electrons.